The summed E-state index contributed by atoms with van der Waals surface area (Å²) in [5.41, 5.74) is 0.974. The number of para-hydroxylation sites is 1. The van der Waals surface area contributed by atoms with E-state index in [0.717, 1.165) is 0 Å². The van der Waals surface area contributed by atoms with Gasteiger partial charge in [0.25, 0.3) is 6.01 Å². The first-order valence-corrected chi connectivity index (χ1v) is 6.44. The molecule has 0 amide bonds. The highest BCUT2D eigenvalue weighted by Gasteiger charge is 2.10. The van der Waals surface area contributed by atoms with Crippen LogP contribution in [-0.4, -0.2) is 16.1 Å². The van der Waals surface area contributed by atoms with E-state index < -0.39 is 11.8 Å². The summed E-state index contributed by atoms with van der Waals surface area (Å²) in [4.78, 5) is 15.0. The van der Waals surface area contributed by atoms with Gasteiger partial charge in [0.2, 0.25) is 0 Å². The van der Waals surface area contributed by atoms with Gasteiger partial charge in [-0.3, -0.25) is 0 Å². The van der Waals surface area contributed by atoms with Gasteiger partial charge in [0.15, 0.2) is 5.76 Å². The molecule has 0 bridgehead atoms. The van der Waals surface area contributed by atoms with Gasteiger partial charge in [0.1, 0.15) is 5.82 Å². The number of nitrogens with zero attached hydrogens (tertiary/aromatic N) is 1. The molecule has 0 saturated heterocycles. The summed E-state index contributed by atoms with van der Waals surface area (Å²) < 4.78 is 19.0. The minimum Gasteiger partial charge on any atom is -0.478 e. The molecule has 0 fully saturated rings. The number of nitrogens with one attached hydrogen (secondary N) is 1. The number of hydrogen-bond donors (Lipinski definition) is 2. The molecule has 3 aromatic rings. The Kier molecular flexibility index (Phi) is 3.57. The van der Waals surface area contributed by atoms with Gasteiger partial charge in [-0.15, -0.1) is 0 Å². The van der Waals surface area contributed by atoms with Crippen molar-refractivity contribution >= 4 is 17.7 Å². The lowest BCUT2D eigenvalue weighted by atomic mass is 10.1. The molecular weight excluding hydrogens is 287 g/mol. The Hall–Kier alpha value is -3.15. The van der Waals surface area contributed by atoms with Crippen molar-refractivity contribution in [1.29, 1.82) is 0 Å². The molecule has 6 heteroatoms. The topological polar surface area (TPSA) is 75.4 Å². The number of benzene rings is 2. The van der Waals surface area contributed by atoms with E-state index in [-0.39, 0.29) is 17.3 Å². The molecule has 0 aliphatic heterocycles. The molecule has 110 valence electrons. The fourth-order valence-corrected chi connectivity index (χ4v) is 1.95. The Morgan fingerprint density at radius 2 is 2.00 bits per heavy atom. The maximum Gasteiger partial charge on any atom is 0.335 e. The van der Waals surface area contributed by atoms with Crippen LogP contribution in [0, 0.1) is 5.82 Å². The molecule has 22 heavy (non-hydrogen) atoms. The molecule has 0 saturated carbocycles. The Morgan fingerprint density at radius 1 is 1.18 bits per heavy atom. The zero-order valence-electron chi connectivity index (χ0n) is 11.3. The average Bonchev–Trinajstić information content (AvgIpc) is 2.98. The number of carbonyl (C=O) groups is 1. The maximum absolute atomic E-state index is 13.5. The number of carboxylic acids is 1. The quantitative estimate of drug-likeness (QED) is 0.763. The van der Waals surface area contributed by atoms with Gasteiger partial charge in [0, 0.05) is 5.56 Å². The van der Waals surface area contributed by atoms with E-state index in [2.05, 4.69) is 10.3 Å². The number of carboxylic acid groups (broad SMARTS) is 1. The van der Waals surface area contributed by atoms with Crippen LogP contribution >= 0.6 is 0 Å². The minimum absolute atomic E-state index is 0.126. The number of rotatable bonds is 4. The van der Waals surface area contributed by atoms with Gasteiger partial charge in [0.05, 0.1) is 17.4 Å². The highest BCUT2D eigenvalue weighted by molar-refractivity contribution is 5.89. The van der Waals surface area contributed by atoms with Crippen molar-refractivity contribution in [3.05, 3.63) is 66.1 Å². The van der Waals surface area contributed by atoms with Crippen LogP contribution in [-0.2, 0) is 0 Å². The largest absolute Gasteiger partial charge is 0.478 e. The van der Waals surface area contributed by atoms with Crippen LogP contribution in [0.3, 0.4) is 0 Å². The van der Waals surface area contributed by atoms with E-state index in [4.69, 9.17) is 9.52 Å². The number of aromatic carboxylic acids is 1. The number of aromatic nitrogens is 1. The van der Waals surface area contributed by atoms with Crippen molar-refractivity contribution < 1.29 is 18.7 Å². The van der Waals surface area contributed by atoms with E-state index in [9.17, 15) is 9.18 Å². The monoisotopic (exact) mass is 298 g/mol. The van der Waals surface area contributed by atoms with Gasteiger partial charge in [-0.1, -0.05) is 24.3 Å². The summed E-state index contributed by atoms with van der Waals surface area (Å²) in [6.07, 6.45) is 1.45. The zero-order valence-corrected chi connectivity index (χ0v) is 11.3. The number of anilines is 2. The van der Waals surface area contributed by atoms with Crippen LogP contribution in [0.1, 0.15) is 10.4 Å². The summed E-state index contributed by atoms with van der Waals surface area (Å²) in [5, 5.41) is 11.7. The predicted octanol–water partition coefficient (Wildman–Crippen LogP) is 3.92. The Bertz CT molecular complexity index is 830. The van der Waals surface area contributed by atoms with Crippen molar-refractivity contribution in [3.63, 3.8) is 0 Å². The summed E-state index contributed by atoms with van der Waals surface area (Å²) >= 11 is 0. The van der Waals surface area contributed by atoms with Crippen LogP contribution in [0.5, 0.6) is 0 Å². The number of oxazole rings is 1. The molecule has 1 aromatic heterocycles. The second kappa shape index (κ2) is 5.69. The summed E-state index contributed by atoms with van der Waals surface area (Å²) in [6.45, 7) is 0. The van der Waals surface area contributed by atoms with Crippen molar-refractivity contribution in [2.24, 2.45) is 0 Å². The van der Waals surface area contributed by atoms with Crippen LogP contribution in [0.15, 0.2) is 59.1 Å². The zero-order chi connectivity index (χ0) is 15.5. The second-order valence-electron chi connectivity index (χ2n) is 4.52. The summed E-state index contributed by atoms with van der Waals surface area (Å²) in [6, 6.07) is 12.6. The third-order valence-electron chi connectivity index (χ3n) is 3.02. The molecule has 3 rings (SSSR count). The highest BCUT2D eigenvalue weighted by Crippen LogP contribution is 2.26. The Labute approximate surface area is 125 Å². The first-order chi connectivity index (χ1) is 10.6. The molecule has 0 radical (unpaired) electrons. The molecule has 5 nitrogen and oxygen atoms in total. The van der Waals surface area contributed by atoms with Gasteiger partial charge in [-0.2, -0.15) is 0 Å². The maximum atomic E-state index is 13.5. The third-order valence-corrected chi connectivity index (χ3v) is 3.02. The molecule has 0 aliphatic rings. The van der Waals surface area contributed by atoms with Crippen LogP contribution in [0.4, 0.5) is 16.1 Å². The minimum atomic E-state index is -1.02. The van der Waals surface area contributed by atoms with Crippen molar-refractivity contribution in [1.82, 2.24) is 4.98 Å². The Balaban J connectivity index is 1.86. The number of hydrogen-bond acceptors (Lipinski definition) is 4. The molecule has 0 aliphatic carbocycles. The fourth-order valence-electron chi connectivity index (χ4n) is 1.95. The number of halogens is 1. The standard InChI is InChI=1S/C16H11FN2O3/c17-12-6-1-2-7-13(12)19-16-18-9-14(22-16)10-4-3-5-11(8-10)15(20)21/h1-9H,(H,18,19)(H,20,21). The van der Waals surface area contributed by atoms with Gasteiger partial charge in [-0.05, 0) is 24.3 Å². The lowest BCUT2D eigenvalue weighted by Crippen LogP contribution is -1.95. The molecule has 0 atom stereocenters. The van der Waals surface area contributed by atoms with Gasteiger partial charge < -0.3 is 14.8 Å². The van der Waals surface area contributed by atoms with Crippen LogP contribution in [0.25, 0.3) is 11.3 Å². The van der Waals surface area contributed by atoms with Gasteiger partial charge >= 0.3 is 5.97 Å². The molecular formula is C16H11FN2O3. The average molecular weight is 298 g/mol. The lowest BCUT2D eigenvalue weighted by Gasteiger charge is -2.02. The summed E-state index contributed by atoms with van der Waals surface area (Å²) in [5.74, 6) is -1.05. The van der Waals surface area contributed by atoms with E-state index in [1.165, 1.54) is 24.4 Å². The molecule has 0 unspecified atom stereocenters. The van der Waals surface area contributed by atoms with Crippen LogP contribution in [0.2, 0.25) is 0 Å². The molecule has 0 spiro atoms. The van der Waals surface area contributed by atoms with Gasteiger partial charge in [-0.25, -0.2) is 14.2 Å². The highest BCUT2D eigenvalue weighted by atomic mass is 19.1. The normalized spacial score (nSPS) is 10.4. The SMILES string of the molecule is O=C(O)c1cccc(-c2cnc(Nc3ccccc3F)o2)c1. The predicted molar refractivity (Wildman–Crippen MR) is 78.6 cm³/mol. The fraction of sp³-hybridized carbons (Fsp3) is 0. The second-order valence-corrected chi connectivity index (χ2v) is 4.52. The third kappa shape index (κ3) is 2.80. The van der Waals surface area contributed by atoms with Crippen molar-refractivity contribution in [3.8, 4) is 11.3 Å². The van der Waals surface area contributed by atoms with E-state index in [1.807, 2.05) is 0 Å². The van der Waals surface area contributed by atoms with Crippen molar-refractivity contribution in [2.75, 3.05) is 5.32 Å². The van der Waals surface area contributed by atoms with E-state index in [1.54, 1.807) is 30.3 Å². The smallest absolute Gasteiger partial charge is 0.335 e. The molecule has 2 N–H and O–H groups in total. The van der Waals surface area contributed by atoms with Crippen LogP contribution < -0.4 is 5.32 Å². The molecule has 1 heterocycles. The van der Waals surface area contributed by atoms with Crippen molar-refractivity contribution in [2.45, 2.75) is 0 Å². The lowest BCUT2D eigenvalue weighted by molar-refractivity contribution is 0.0697. The van der Waals surface area contributed by atoms with E-state index in [0.29, 0.717) is 11.3 Å². The first kappa shape index (κ1) is 13.8. The first-order valence-electron chi connectivity index (χ1n) is 6.44. The van der Waals surface area contributed by atoms with E-state index >= 15 is 0 Å². The Morgan fingerprint density at radius 3 is 2.77 bits per heavy atom. The molecule has 2 aromatic carbocycles. The summed E-state index contributed by atoms with van der Waals surface area (Å²) in [7, 11) is 0.